The zero-order valence-corrected chi connectivity index (χ0v) is 19.5. The molecule has 0 spiro atoms. The zero-order chi connectivity index (χ0) is 24.1. The highest BCUT2D eigenvalue weighted by molar-refractivity contribution is 6.23. The molecule has 0 saturated carbocycles. The van der Waals surface area contributed by atoms with Gasteiger partial charge >= 0.3 is 0 Å². The van der Waals surface area contributed by atoms with Crippen LogP contribution in [0.25, 0.3) is 38.9 Å². The molecule has 0 saturated heterocycles. The molecular formula is C30H23N3O2. The highest BCUT2D eigenvalue weighted by Gasteiger charge is 2.31. The first-order valence-electron chi connectivity index (χ1n) is 11.6. The van der Waals surface area contributed by atoms with Crippen molar-refractivity contribution in [1.82, 2.24) is 14.8 Å². The number of aryl methyl sites for hydroxylation is 1. The van der Waals surface area contributed by atoms with E-state index in [0.29, 0.717) is 17.7 Å². The molecule has 5 aromatic rings. The van der Waals surface area contributed by atoms with Crippen LogP contribution in [0, 0.1) is 6.92 Å². The van der Waals surface area contributed by atoms with Crippen molar-refractivity contribution < 1.29 is 9.90 Å². The van der Waals surface area contributed by atoms with Gasteiger partial charge in [-0.2, -0.15) is 9.78 Å². The molecule has 3 aromatic carbocycles. The fraction of sp³-hybridized carbons (Fsp3) is 0.100. The van der Waals surface area contributed by atoms with Crippen LogP contribution in [0.1, 0.15) is 28.7 Å². The van der Waals surface area contributed by atoms with E-state index < -0.39 is 0 Å². The average molecular weight is 458 g/mol. The molecule has 0 bridgehead atoms. The molecule has 1 aliphatic heterocycles. The molecule has 0 aliphatic carbocycles. The molecule has 5 heteroatoms. The van der Waals surface area contributed by atoms with Crippen LogP contribution >= 0.6 is 0 Å². The van der Waals surface area contributed by atoms with Crippen LogP contribution < -0.4 is 0 Å². The maximum atomic E-state index is 13.9. The minimum absolute atomic E-state index is 0.143. The van der Waals surface area contributed by atoms with Gasteiger partial charge in [0, 0.05) is 28.5 Å². The third-order valence-corrected chi connectivity index (χ3v) is 6.62. The SMILES string of the molecule is CC1=C(c2ccc3nc(C)c(O)cc3c2)C(=O)n2nc(-c3ccccc3)c(-c3ccccc3)c2C1. The molecular weight excluding hydrogens is 434 g/mol. The summed E-state index contributed by atoms with van der Waals surface area (Å²) in [7, 11) is 0. The second-order valence-electron chi connectivity index (χ2n) is 8.95. The third-order valence-electron chi connectivity index (χ3n) is 6.62. The van der Waals surface area contributed by atoms with Crippen molar-refractivity contribution in [1.29, 1.82) is 0 Å². The summed E-state index contributed by atoms with van der Waals surface area (Å²) >= 11 is 0. The smallest absolute Gasteiger partial charge is 0.279 e. The summed E-state index contributed by atoms with van der Waals surface area (Å²) in [6.45, 7) is 3.78. The van der Waals surface area contributed by atoms with Gasteiger partial charge < -0.3 is 5.11 Å². The third kappa shape index (κ3) is 3.44. The fourth-order valence-electron chi connectivity index (χ4n) is 4.91. The molecule has 35 heavy (non-hydrogen) atoms. The first-order chi connectivity index (χ1) is 17.0. The van der Waals surface area contributed by atoms with Gasteiger partial charge in [-0.25, -0.2) is 4.98 Å². The first-order valence-corrected chi connectivity index (χ1v) is 11.6. The van der Waals surface area contributed by atoms with Crippen molar-refractivity contribution in [2.45, 2.75) is 20.3 Å². The quantitative estimate of drug-likeness (QED) is 0.338. The number of hydrogen-bond donors (Lipinski definition) is 1. The highest BCUT2D eigenvalue weighted by atomic mass is 16.3. The van der Waals surface area contributed by atoms with E-state index in [2.05, 4.69) is 17.1 Å². The Kier molecular flexibility index (Phi) is 4.85. The summed E-state index contributed by atoms with van der Waals surface area (Å²) < 4.78 is 1.57. The number of rotatable bonds is 3. The van der Waals surface area contributed by atoms with Crippen molar-refractivity contribution in [2.24, 2.45) is 0 Å². The largest absolute Gasteiger partial charge is 0.506 e. The summed E-state index contributed by atoms with van der Waals surface area (Å²) in [5, 5.41) is 15.8. The fourth-order valence-corrected chi connectivity index (χ4v) is 4.91. The summed E-state index contributed by atoms with van der Waals surface area (Å²) in [6.07, 6.45) is 0.612. The Morgan fingerprint density at radius 3 is 2.23 bits per heavy atom. The standard InChI is InChI=1S/C30H23N3O2/c1-18-15-25-28(20-9-5-3-6-10-20)29(21-11-7-4-8-12-21)32-33(25)30(35)27(18)22-13-14-24-23(16-22)17-26(34)19(2)31-24/h3-14,16-17,34H,15H2,1-2H3. The van der Waals surface area contributed by atoms with E-state index in [1.807, 2.05) is 73.7 Å². The molecule has 0 fully saturated rings. The lowest BCUT2D eigenvalue weighted by molar-refractivity contribution is 0.0958. The van der Waals surface area contributed by atoms with Crippen molar-refractivity contribution in [3.8, 4) is 28.1 Å². The molecule has 0 atom stereocenters. The number of aromatic hydroxyl groups is 1. The number of aromatic nitrogens is 3. The Hall–Kier alpha value is -4.51. The number of pyridine rings is 1. The van der Waals surface area contributed by atoms with E-state index in [-0.39, 0.29) is 11.7 Å². The maximum absolute atomic E-state index is 13.9. The topological polar surface area (TPSA) is 68.0 Å². The number of hydrogen-bond acceptors (Lipinski definition) is 4. The van der Waals surface area contributed by atoms with Crippen molar-refractivity contribution in [3.63, 3.8) is 0 Å². The minimum Gasteiger partial charge on any atom is -0.506 e. The van der Waals surface area contributed by atoms with Gasteiger partial charge in [0.2, 0.25) is 0 Å². The van der Waals surface area contributed by atoms with E-state index in [1.54, 1.807) is 17.7 Å². The van der Waals surface area contributed by atoms with Crippen LogP contribution in [-0.4, -0.2) is 25.8 Å². The molecule has 170 valence electrons. The van der Waals surface area contributed by atoms with E-state index in [9.17, 15) is 9.90 Å². The van der Waals surface area contributed by atoms with E-state index in [4.69, 9.17) is 5.10 Å². The lowest BCUT2D eigenvalue weighted by atomic mass is 9.90. The number of carbonyl (C=O) groups is 1. The normalized spacial score (nSPS) is 13.4. The molecule has 1 aliphatic rings. The number of carbonyl (C=O) groups excluding carboxylic acids is 1. The van der Waals surface area contributed by atoms with Gasteiger partial charge in [0.05, 0.1) is 16.9 Å². The Balaban J connectivity index is 1.52. The molecule has 0 amide bonds. The minimum atomic E-state index is -0.147. The number of benzene rings is 3. The van der Waals surface area contributed by atoms with E-state index in [1.165, 1.54) is 0 Å². The van der Waals surface area contributed by atoms with Crippen LogP contribution in [0.5, 0.6) is 5.75 Å². The number of allylic oxidation sites excluding steroid dienone is 2. The van der Waals surface area contributed by atoms with Gasteiger partial charge in [0.15, 0.2) is 0 Å². The Morgan fingerprint density at radius 2 is 1.51 bits per heavy atom. The second kappa shape index (κ2) is 8.06. The van der Waals surface area contributed by atoms with Crippen LogP contribution in [0.3, 0.4) is 0 Å². The molecule has 0 unspecified atom stereocenters. The number of fused-ring (bicyclic) bond motifs is 2. The van der Waals surface area contributed by atoms with Crippen LogP contribution in [-0.2, 0) is 6.42 Å². The lowest BCUT2D eigenvalue weighted by Gasteiger charge is -2.20. The van der Waals surface area contributed by atoms with E-state index >= 15 is 0 Å². The van der Waals surface area contributed by atoms with Gasteiger partial charge in [-0.05, 0) is 43.2 Å². The molecule has 5 nitrogen and oxygen atoms in total. The lowest BCUT2D eigenvalue weighted by Crippen LogP contribution is -2.23. The molecule has 0 radical (unpaired) electrons. The second-order valence-corrected chi connectivity index (χ2v) is 8.95. The molecule has 3 heterocycles. The zero-order valence-electron chi connectivity index (χ0n) is 19.5. The Morgan fingerprint density at radius 1 is 0.829 bits per heavy atom. The molecule has 2 aromatic heterocycles. The van der Waals surface area contributed by atoms with Crippen LogP contribution in [0.2, 0.25) is 0 Å². The van der Waals surface area contributed by atoms with Gasteiger partial charge in [-0.3, -0.25) is 4.79 Å². The van der Waals surface area contributed by atoms with Crippen molar-refractivity contribution in [2.75, 3.05) is 0 Å². The summed E-state index contributed by atoms with van der Waals surface area (Å²) in [5.74, 6) is -0.00329. The van der Waals surface area contributed by atoms with Gasteiger partial charge in [-0.15, -0.1) is 0 Å². The van der Waals surface area contributed by atoms with Crippen LogP contribution in [0.4, 0.5) is 0 Å². The highest BCUT2D eigenvalue weighted by Crippen LogP contribution is 2.40. The predicted molar refractivity (Wildman–Crippen MR) is 138 cm³/mol. The van der Waals surface area contributed by atoms with Gasteiger partial charge in [0.25, 0.3) is 5.91 Å². The molecule has 6 rings (SSSR count). The monoisotopic (exact) mass is 457 g/mol. The van der Waals surface area contributed by atoms with Crippen molar-refractivity contribution >= 4 is 22.4 Å². The van der Waals surface area contributed by atoms with Gasteiger partial charge in [-0.1, -0.05) is 72.3 Å². The molecule has 1 N–H and O–H groups in total. The summed E-state index contributed by atoms with van der Waals surface area (Å²) in [4.78, 5) is 18.3. The Bertz CT molecular complexity index is 1650. The summed E-state index contributed by atoms with van der Waals surface area (Å²) in [5.41, 5.74) is 8.50. The van der Waals surface area contributed by atoms with Crippen LogP contribution in [0.15, 0.2) is 90.5 Å². The number of nitrogens with zero attached hydrogens (tertiary/aromatic N) is 3. The van der Waals surface area contributed by atoms with E-state index in [0.717, 1.165) is 50.1 Å². The van der Waals surface area contributed by atoms with Gasteiger partial charge in [0.1, 0.15) is 11.4 Å². The Labute approximate surface area is 203 Å². The van der Waals surface area contributed by atoms with Crippen molar-refractivity contribution in [3.05, 3.63) is 107 Å². The average Bonchev–Trinajstić information content (AvgIpc) is 3.25. The maximum Gasteiger partial charge on any atom is 0.279 e. The summed E-state index contributed by atoms with van der Waals surface area (Å²) in [6, 6.07) is 27.6. The first kappa shape index (κ1) is 21.1. The predicted octanol–water partition coefficient (Wildman–Crippen LogP) is 6.45.